The molecule has 0 spiro atoms. The number of unbranched alkanes of at least 4 members (excludes halogenated alkanes) is 2. The summed E-state index contributed by atoms with van der Waals surface area (Å²) in [6, 6.07) is 0. The van der Waals surface area contributed by atoms with E-state index in [1.165, 1.54) is 82.7 Å². The molecule has 0 fully saturated rings. The van der Waals surface area contributed by atoms with E-state index in [9.17, 15) is 0 Å². The predicted molar refractivity (Wildman–Crippen MR) is 107 cm³/mol. The van der Waals surface area contributed by atoms with Gasteiger partial charge in [0.2, 0.25) is 0 Å². The van der Waals surface area contributed by atoms with Crippen LogP contribution < -0.4 is 0 Å². The summed E-state index contributed by atoms with van der Waals surface area (Å²) in [7, 11) is 0. The van der Waals surface area contributed by atoms with Gasteiger partial charge < -0.3 is 4.98 Å². The third kappa shape index (κ3) is 3.58. The van der Waals surface area contributed by atoms with Gasteiger partial charge in [0.05, 0.1) is 5.70 Å². The average Bonchev–Trinajstić information content (AvgIpc) is 3.00. The van der Waals surface area contributed by atoms with Gasteiger partial charge in [-0.2, -0.15) is 0 Å². The number of allylic oxidation sites excluding steroid dienone is 3. The number of aromatic amines is 1. The Balaban J connectivity index is 2.43. The first-order valence-electron chi connectivity index (χ1n) is 9.57. The second-order valence-corrected chi connectivity index (χ2v) is 7.21. The Hall–Kier alpha value is -1.57. The summed E-state index contributed by atoms with van der Waals surface area (Å²) in [6.07, 6.45) is 7.30. The summed E-state index contributed by atoms with van der Waals surface area (Å²) in [5.41, 5.74) is 12.0. The summed E-state index contributed by atoms with van der Waals surface area (Å²) in [5, 5.41) is 0. The molecule has 0 aliphatic carbocycles. The van der Waals surface area contributed by atoms with Gasteiger partial charge in [0.15, 0.2) is 0 Å². The number of H-pyrrole nitrogens is 1. The molecule has 2 heterocycles. The molecule has 0 aromatic carbocycles. The van der Waals surface area contributed by atoms with Crippen molar-refractivity contribution >= 4 is 11.3 Å². The number of aliphatic imine (C=N–C) groups is 1. The van der Waals surface area contributed by atoms with Crippen LogP contribution in [0.2, 0.25) is 0 Å². The number of hydrogen-bond acceptors (Lipinski definition) is 1. The first kappa shape index (κ1) is 18.8. The lowest BCUT2D eigenvalue weighted by atomic mass is 9.97. The Kier molecular flexibility index (Phi) is 6.26. The van der Waals surface area contributed by atoms with Crippen LogP contribution in [-0.2, 0) is 6.42 Å². The third-order valence-electron chi connectivity index (χ3n) is 5.41. The van der Waals surface area contributed by atoms with Crippen molar-refractivity contribution in [3.63, 3.8) is 0 Å². The molecule has 0 saturated carbocycles. The van der Waals surface area contributed by atoms with E-state index >= 15 is 0 Å². The largest absolute Gasteiger partial charge is 0.358 e. The highest BCUT2D eigenvalue weighted by Gasteiger charge is 2.21. The Morgan fingerprint density at radius 1 is 0.958 bits per heavy atom. The molecule has 1 aliphatic heterocycles. The van der Waals surface area contributed by atoms with Gasteiger partial charge in [0.25, 0.3) is 0 Å². The van der Waals surface area contributed by atoms with E-state index in [1.807, 2.05) is 0 Å². The van der Waals surface area contributed by atoms with Crippen LogP contribution in [0.5, 0.6) is 0 Å². The van der Waals surface area contributed by atoms with E-state index in [1.54, 1.807) is 0 Å². The minimum atomic E-state index is 1.15. The lowest BCUT2D eigenvalue weighted by molar-refractivity contribution is 0.788. The highest BCUT2D eigenvalue weighted by Crippen LogP contribution is 2.35. The van der Waals surface area contributed by atoms with Crippen molar-refractivity contribution in [2.45, 2.75) is 87.0 Å². The van der Waals surface area contributed by atoms with Crippen LogP contribution in [0.1, 0.15) is 89.2 Å². The van der Waals surface area contributed by atoms with E-state index in [-0.39, 0.29) is 0 Å². The molecule has 0 saturated heterocycles. The zero-order valence-electron chi connectivity index (χ0n) is 16.7. The van der Waals surface area contributed by atoms with Gasteiger partial charge in [0.1, 0.15) is 0 Å². The fourth-order valence-electron chi connectivity index (χ4n) is 3.83. The van der Waals surface area contributed by atoms with Crippen molar-refractivity contribution in [1.82, 2.24) is 4.98 Å². The van der Waals surface area contributed by atoms with Crippen molar-refractivity contribution in [3.05, 3.63) is 39.4 Å². The number of rotatable bonds is 7. The topological polar surface area (TPSA) is 28.1 Å². The van der Waals surface area contributed by atoms with E-state index in [0.29, 0.717) is 0 Å². The van der Waals surface area contributed by atoms with Crippen LogP contribution in [0.15, 0.2) is 21.8 Å². The summed E-state index contributed by atoms with van der Waals surface area (Å²) in [6.45, 7) is 15.6. The molecule has 2 rings (SSSR count). The minimum absolute atomic E-state index is 1.15. The summed E-state index contributed by atoms with van der Waals surface area (Å²) >= 11 is 0. The molecule has 132 valence electrons. The second kappa shape index (κ2) is 8.00. The van der Waals surface area contributed by atoms with Crippen molar-refractivity contribution < 1.29 is 0 Å². The van der Waals surface area contributed by atoms with Gasteiger partial charge in [-0.25, -0.2) is 0 Å². The molecule has 1 N–H and O–H groups in total. The number of nitrogens with one attached hydrogen (secondary N) is 1. The van der Waals surface area contributed by atoms with Gasteiger partial charge in [-0.1, -0.05) is 26.7 Å². The average molecular weight is 327 g/mol. The standard InChI is InChI=1S/C22H34N2/c1-8-10-12-19-14(3)21(23-17(19)6)16(5)22-15(4)20(13-11-9-2)18(7)24-22/h23H,8-13H2,1-7H3. The third-order valence-corrected chi connectivity index (χ3v) is 5.41. The first-order valence-corrected chi connectivity index (χ1v) is 9.57. The molecule has 0 atom stereocenters. The number of aryl methyl sites for hydroxylation is 1. The zero-order valence-corrected chi connectivity index (χ0v) is 16.7. The number of hydrogen-bond donors (Lipinski definition) is 1. The monoisotopic (exact) mass is 326 g/mol. The van der Waals surface area contributed by atoms with E-state index in [2.05, 4.69) is 53.5 Å². The van der Waals surface area contributed by atoms with Crippen LogP contribution >= 0.6 is 0 Å². The van der Waals surface area contributed by atoms with Crippen LogP contribution in [0.25, 0.3) is 5.57 Å². The van der Waals surface area contributed by atoms with E-state index in [0.717, 1.165) is 6.42 Å². The first-order chi connectivity index (χ1) is 11.4. The molecule has 0 unspecified atom stereocenters. The summed E-state index contributed by atoms with van der Waals surface area (Å²) < 4.78 is 0. The summed E-state index contributed by atoms with van der Waals surface area (Å²) in [4.78, 5) is 8.57. The van der Waals surface area contributed by atoms with Gasteiger partial charge in [-0.15, -0.1) is 0 Å². The normalized spacial score (nSPS) is 16.9. The molecule has 1 aromatic heterocycles. The van der Waals surface area contributed by atoms with Crippen LogP contribution in [0.4, 0.5) is 0 Å². The zero-order chi connectivity index (χ0) is 17.9. The quantitative estimate of drug-likeness (QED) is 0.578. The van der Waals surface area contributed by atoms with Crippen LogP contribution in [-0.4, -0.2) is 10.7 Å². The van der Waals surface area contributed by atoms with Gasteiger partial charge in [-0.3, -0.25) is 4.99 Å². The molecule has 24 heavy (non-hydrogen) atoms. The Morgan fingerprint density at radius 3 is 2.21 bits per heavy atom. The van der Waals surface area contributed by atoms with Crippen molar-refractivity contribution in [2.75, 3.05) is 0 Å². The fourth-order valence-corrected chi connectivity index (χ4v) is 3.83. The lowest BCUT2D eigenvalue weighted by Gasteiger charge is -2.08. The van der Waals surface area contributed by atoms with Crippen molar-refractivity contribution in [2.24, 2.45) is 4.99 Å². The molecule has 1 aliphatic rings. The Morgan fingerprint density at radius 2 is 1.58 bits per heavy atom. The van der Waals surface area contributed by atoms with Gasteiger partial charge in [0, 0.05) is 17.1 Å². The predicted octanol–water partition coefficient (Wildman–Crippen LogP) is 6.69. The van der Waals surface area contributed by atoms with Crippen LogP contribution in [0, 0.1) is 13.8 Å². The van der Waals surface area contributed by atoms with E-state index < -0.39 is 0 Å². The molecule has 2 nitrogen and oxygen atoms in total. The smallest absolute Gasteiger partial charge is 0.0715 e. The number of nitrogens with zero attached hydrogens (tertiary/aromatic N) is 1. The maximum absolute atomic E-state index is 4.92. The lowest BCUT2D eigenvalue weighted by Crippen LogP contribution is -1.94. The molecule has 1 aromatic rings. The Labute approximate surface area is 148 Å². The maximum Gasteiger partial charge on any atom is 0.0715 e. The highest BCUT2D eigenvalue weighted by molar-refractivity contribution is 6.04. The molecule has 2 heteroatoms. The fraction of sp³-hybridized carbons (Fsp3) is 0.591. The highest BCUT2D eigenvalue weighted by atomic mass is 14.8. The molecule has 0 bridgehead atoms. The van der Waals surface area contributed by atoms with E-state index in [4.69, 9.17) is 4.99 Å². The molecular weight excluding hydrogens is 292 g/mol. The Bertz CT molecular complexity index is 696. The minimum Gasteiger partial charge on any atom is -0.358 e. The number of aromatic nitrogens is 1. The van der Waals surface area contributed by atoms with Crippen LogP contribution in [0.3, 0.4) is 0 Å². The second-order valence-electron chi connectivity index (χ2n) is 7.21. The van der Waals surface area contributed by atoms with Gasteiger partial charge >= 0.3 is 0 Å². The molecule has 0 amide bonds. The molecule has 0 radical (unpaired) electrons. The SMILES string of the molecule is CCCCC1=C(C)C(=C(C)c2[nH]c(C)c(CCCC)c2C)N=C1C. The van der Waals surface area contributed by atoms with Gasteiger partial charge in [-0.05, 0) is 88.1 Å². The maximum atomic E-state index is 4.92. The summed E-state index contributed by atoms with van der Waals surface area (Å²) in [5.74, 6) is 0. The molecular formula is C22H34N2. The van der Waals surface area contributed by atoms with Crippen molar-refractivity contribution in [3.8, 4) is 0 Å². The van der Waals surface area contributed by atoms with Crippen molar-refractivity contribution in [1.29, 1.82) is 0 Å².